The molecule has 3 aromatic rings. The third-order valence-electron chi connectivity index (χ3n) is 4.11. The fraction of sp³-hybridized carbons (Fsp3) is 0.250. The number of fused-ring (bicyclic) bond motifs is 2. The molecule has 106 valence electrons. The van der Waals surface area contributed by atoms with Crippen molar-refractivity contribution in [1.29, 1.82) is 0 Å². The lowest BCUT2D eigenvalue weighted by atomic mass is 10.1. The van der Waals surface area contributed by atoms with Crippen molar-refractivity contribution in [2.75, 3.05) is 0 Å². The smallest absolute Gasteiger partial charge is 0.268 e. The molecule has 0 aliphatic carbocycles. The molecule has 1 unspecified atom stereocenters. The van der Waals surface area contributed by atoms with E-state index in [2.05, 4.69) is 28.3 Å². The van der Waals surface area contributed by atoms with E-state index in [9.17, 15) is 4.79 Å². The SMILES string of the molecule is CCC1Cn2cc(-c3cnc4[nH]ccc4c3)cc2C(=O)N1. The summed E-state index contributed by atoms with van der Waals surface area (Å²) in [6.45, 7) is 2.92. The Morgan fingerprint density at radius 2 is 2.29 bits per heavy atom. The van der Waals surface area contributed by atoms with Crippen molar-refractivity contribution in [3.05, 3.63) is 42.5 Å². The van der Waals surface area contributed by atoms with Crippen molar-refractivity contribution >= 4 is 16.9 Å². The third kappa shape index (κ3) is 1.93. The maximum Gasteiger partial charge on any atom is 0.268 e. The lowest BCUT2D eigenvalue weighted by molar-refractivity contribution is 0.0899. The fourth-order valence-electron chi connectivity index (χ4n) is 2.88. The molecule has 1 atom stereocenters. The summed E-state index contributed by atoms with van der Waals surface area (Å²) in [6, 6.07) is 6.25. The van der Waals surface area contributed by atoms with Gasteiger partial charge >= 0.3 is 0 Å². The molecular formula is C16H16N4O. The number of carbonyl (C=O) groups is 1. The second kappa shape index (κ2) is 4.48. The fourth-order valence-corrected chi connectivity index (χ4v) is 2.88. The van der Waals surface area contributed by atoms with Crippen molar-refractivity contribution < 1.29 is 4.79 Å². The zero-order valence-corrected chi connectivity index (χ0v) is 11.8. The van der Waals surface area contributed by atoms with Crippen molar-refractivity contribution in [3.63, 3.8) is 0 Å². The number of nitrogens with zero attached hydrogens (tertiary/aromatic N) is 2. The highest BCUT2D eigenvalue weighted by Gasteiger charge is 2.24. The van der Waals surface area contributed by atoms with Crippen LogP contribution in [0.4, 0.5) is 0 Å². The van der Waals surface area contributed by atoms with Gasteiger partial charge < -0.3 is 14.9 Å². The Kier molecular flexibility index (Phi) is 2.60. The minimum Gasteiger partial charge on any atom is -0.346 e. The Balaban J connectivity index is 1.78. The molecule has 0 spiro atoms. The molecule has 0 saturated heterocycles. The van der Waals surface area contributed by atoms with E-state index in [1.54, 1.807) is 0 Å². The summed E-state index contributed by atoms with van der Waals surface area (Å²) in [5, 5.41) is 4.11. The highest BCUT2D eigenvalue weighted by atomic mass is 16.2. The first-order valence-electron chi connectivity index (χ1n) is 7.19. The number of aromatic nitrogens is 3. The number of aromatic amines is 1. The highest BCUT2D eigenvalue weighted by molar-refractivity contribution is 5.95. The topological polar surface area (TPSA) is 62.7 Å². The number of hydrogen-bond acceptors (Lipinski definition) is 2. The average molecular weight is 280 g/mol. The largest absolute Gasteiger partial charge is 0.346 e. The van der Waals surface area contributed by atoms with Crippen LogP contribution in [-0.4, -0.2) is 26.5 Å². The monoisotopic (exact) mass is 280 g/mol. The van der Waals surface area contributed by atoms with E-state index in [1.165, 1.54) is 0 Å². The minimum absolute atomic E-state index is 0.00929. The van der Waals surface area contributed by atoms with Crippen molar-refractivity contribution in [2.45, 2.75) is 25.9 Å². The van der Waals surface area contributed by atoms with Gasteiger partial charge in [0.1, 0.15) is 11.3 Å². The van der Waals surface area contributed by atoms with Gasteiger partial charge in [0.25, 0.3) is 5.91 Å². The van der Waals surface area contributed by atoms with E-state index in [1.807, 2.05) is 35.3 Å². The van der Waals surface area contributed by atoms with Gasteiger partial charge in [-0.05, 0) is 24.6 Å². The van der Waals surface area contributed by atoms with Crippen LogP contribution in [0.3, 0.4) is 0 Å². The van der Waals surface area contributed by atoms with Gasteiger partial charge in [-0.3, -0.25) is 4.79 Å². The molecule has 0 bridgehead atoms. The summed E-state index contributed by atoms with van der Waals surface area (Å²) in [6.07, 6.45) is 6.71. The summed E-state index contributed by atoms with van der Waals surface area (Å²) < 4.78 is 2.05. The molecular weight excluding hydrogens is 264 g/mol. The van der Waals surface area contributed by atoms with Crippen LogP contribution in [0, 0.1) is 0 Å². The molecule has 21 heavy (non-hydrogen) atoms. The number of H-pyrrole nitrogens is 1. The molecule has 0 radical (unpaired) electrons. The summed E-state index contributed by atoms with van der Waals surface area (Å²) in [7, 11) is 0. The van der Waals surface area contributed by atoms with Gasteiger partial charge in [0.2, 0.25) is 0 Å². The summed E-state index contributed by atoms with van der Waals surface area (Å²) in [5.41, 5.74) is 3.67. The van der Waals surface area contributed by atoms with Gasteiger partial charge in [0, 0.05) is 47.7 Å². The van der Waals surface area contributed by atoms with Gasteiger partial charge in [-0.25, -0.2) is 4.98 Å². The second-order valence-electron chi connectivity index (χ2n) is 5.48. The predicted molar refractivity (Wildman–Crippen MR) is 81.1 cm³/mol. The number of rotatable bonds is 2. The number of nitrogens with one attached hydrogen (secondary N) is 2. The molecule has 5 nitrogen and oxygen atoms in total. The zero-order valence-electron chi connectivity index (χ0n) is 11.8. The number of carbonyl (C=O) groups excluding carboxylic acids is 1. The van der Waals surface area contributed by atoms with Crippen LogP contribution in [0.15, 0.2) is 36.8 Å². The van der Waals surface area contributed by atoms with Gasteiger partial charge in [-0.2, -0.15) is 0 Å². The van der Waals surface area contributed by atoms with E-state index >= 15 is 0 Å². The Hall–Kier alpha value is -2.56. The summed E-state index contributed by atoms with van der Waals surface area (Å²) in [5.74, 6) is 0.00929. The van der Waals surface area contributed by atoms with Gasteiger partial charge in [0.05, 0.1) is 0 Å². The average Bonchev–Trinajstić information content (AvgIpc) is 3.12. The van der Waals surface area contributed by atoms with Crippen molar-refractivity contribution in [1.82, 2.24) is 19.9 Å². The van der Waals surface area contributed by atoms with Crippen LogP contribution in [-0.2, 0) is 6.54 Å². The maximum absolute atomic E-state index is 12.1. The predicted octanol–water partition coefficient (Wildman–Crippen LogP) is 2.55. The first kappa shape index (κ1) is 12.2. The van der Waals surface area contributed by atoms with Gasteiger partial charge in [-0.1, -0.05) is 6.92 Å². The Labute approximate surface area is 122 Å². The number of hydrogen-bond donors (Lipinski definition) is 2. The Morgan fingerprint density at radius 3 is 3.14 bits per heavy atom. The summed E-state index contributed by atoms with van der Waals surface area (Å²) >= 11 is 0. The molecule has 4 rings (SSSR count). The molecule has 1 amide bonds. The van der Waals surface area contributed by atoms with E-state index in [-0.39, 0.29) is 11.9 Å². The van der Waals surface area contributed by atoms with Crippen molar-refractivity contribution in [3.8, 4) is 11.1 Å². The normalized spacial score (nSPS) is 17.8. The first-order valence-corrected chi connectivity index (χ1v) is 7.19. The molecule has 4 heterocycles. The second-order valence-corrected chi connectivity index (χ2v) is 5.48. The van der Waals surface area contributed by atoms with Crippen LogP contribution in [0.1, 0.15) is 23.8 Å². The third-order valence-corrected chi connectivity index (χ3v) is 4.11. The Bertz CT molecular complexity index is 830. The van der Waals surface area contributed by atoms with E-state index in [0.29, 0.717) is 0 Å². The molecule has 1 aliphatic rings. The van der Waals surface area contributed by atoms with Crippen LogP contribution in [0.25, 0.3) is 22.2 Å². The van der Waals surface area contributed by atoms with Crippen LogP contribution >= 0.6 is 0 Å². The van der Waals surface area contributed by atoms with E-state index < -0.39 is 0 Å². The highest BCUT2D eigenvalue weighted by Crippen LogP contribution is 2.26. The van der Waals surface area contributed by atoms with Crippen LogP contribution in [0.5, 0.6) is 0 Å². The maximum atomic E-state index is 12.1. The summed E-state index contributed by atoms with van der Waals surface area (Å²) in [4.78, 5) is 19.6. The molecule has 0 saturated carbocycles. The lowest BCUT2D eigenvalue weighted by Gasteiger charge is -2.24. The molecule has 2 N–H and O–H groups in total. The first-order chi connectivity index (χ1) is 10.2. The quantitative estimate of drug-likeness (QED) is 0.757. The van der Waals surface area contributed by atoms with Gasteiger partial charge in [-0.15, -0.1) is 0 Å². The number of amides is 1. The molecule has 3 aromatic heterocycles. The molecule has 5 heteroatoms. The molecule has 0 fully saturated rings. The standard InChI is InChI=1S/C16H16N4O/c1-2-13-9-20-8-12(6-14(20)16(21)19-13)11-5-10-3-4-17-15(10)18-7-11/h3-8,13H,2,9H2,1H3,(H,17,18)(H,19,21). The molecule has 0 aromatic carbocycles. The minimum atomic E-state index is 0.00929. The van der Waals surface area contributed by atoms with E-state index in [0.717, 1.165) is 40.8 Å². The van der Waals surface area contributed by atoms with E-state index in [4.69, 9.17) is 0 Å². The van der Waals surface area contributed by atoms with Crippen LogP contribution in [0.2, 0.25) is 0 Å². The van der Waals surface area contributed by atoms with Crippen LogP contribution < -0.4 is 5.32 Å². The Morgan fingerprint density at radius 1 is 1.38 bits per heavy atom. The molecule has 1 aliphatic heterocycles. The number of pyridine rings is 1. The zero-order chi connectivity index (χ0) is 14.4. The lowest BCUT2D eigenvalue weighted by Crippen LogP contribution is -2.43. The van der Waals surface area contributed by atoms with Gasteiger partial charge in [0.15, 0.2) is 0 Å². The van der Waals surface area contributed by atoms with Crippen molar-refractivity contribution in [2.24, 2.45) is 0 Å².